The Kier molecular flexibility index (Phi) is 4.47. The number of fused-ring (bicyclic) bond motifs is 1. The summed E-state index contributed by atoms with van der Waals surface area (Å²) >= 11 is 0. The number of hydrogen-bond donors (Lipinski definition) is 0. The van der Waals surface area contributed by atoms with E-state index in [0.717, 1.165) is 5.92 Å². The van der Waals surface area contributed by atoms with Crippen molar-refractivity contribution in [3.63, 3.8) is 0 Å². The van der Waals surface area contributed by atoms with Crippen molar-refractivity contribution in [2.24, 2.45) is 0 Å². The minimum atomic E-state index is 0.775. The van der Waals surface area contributed by atoms with E-state index in [1.807, 2.05) is 6.20 Å². The molecule has 1 heterocycles. The molecule has 0 saturated carbocycles. The van der Waals surface area contributed by atoms with Gasteiger partial charge in [-0.15, -0.1) is 0 Å². The molecule has 1 heteroatoms. The van der Waals surface area contributed by atoms with E-state index >= 15 is 0 Å². The van der Waals surface area contributed by atoms with Gasteiger partial charge in [-0.05, 0) is 67.2 Å². The van der Waals surface area contributed by atoms with Crippen LogP contribution in [0.2, 0.25) is 0 Å². The molecule has 0 radical (unpaired) electrons. The van der Waals surface area contributed by atoms with Crippen LogP contribution in [0.4, 0.5) is 0 Å². The van der Waals surface area contributed by atoms with Crippen molar-refractivity contribution in [2.75, 3.05) is 0 Å². The van der Waals surface area contributed by atoms with Gasteiger partial charge in [0.25, 0.3) is 0 Å². The van der Waals surface area contributed by atoms with Crippen LogP contribution in [-0.4, -0.2) is 4.98 Å². The predicted molar refractivity (Wildman–Crippen MR) is 83.9 cm³/mol. The van der Waals surface area contributed by atoms with Crippen LogP contribution in [0.1, 0.15) is 54.7 Å². The second-order valence-electron chi connectivity index (χ2n) is 5.90. The van der Waals surface area contributed by atoms with E-state index in [-0.39, 0.29) is 0 Å². The zero-order chi connectivity index (χ0) is 13.6. The lowest BCUT2D eigenvalue weighted by molar-refractivity contribution is 0.494. The molecule has 1 aromatic carbocycles. The molecule has 1 aliphatic rings. The van der Waals surface area contributed by atoms with Crippen molar-refractivity contribution in [3.05, 3.63) is 65.5 Å². The third-order valence-corrected chi connectivity index (χ3v) is 4.49. The molecule has 1 aliphatic carbocycles. The summed E-state index contributed by atoms with van der Waals surface area (Å²) in [4.78, 5) is 4.27. The van der Waals surface area contributed by atoms with Gasteiger partial charge < -0.3 is 0 Å². The fourth-order valence-corrected chi connectivity index (χ4v) is 3.40. The van der Waals surface area contributed by atoms with E-state index in [9.17, 15) is 0 Å². The standard InChI is InChI=1S/C19H23N/c1-2-7-16(8-3-1)9-4-5-10-17-11-6-12-18-15-20-14-13-19(17)18/h1-3,7-8,13-15,17H,4-6,9-12H2. The molecule has 0 aliphatic heterocycles. The molecule has 1 unspecified atom stereocenters. The number of benzene rings is 1. The van der Waals surface area contributed by atoms with Crippen LogP contribution in [0, 0.1) is 0 Å². The summed E-state index contributed by atoms with van der Waals surface area (Å²) < 4.78 is 0. The Morgan fingerprint density at radius 3 is 2.85 bits per heavy atom. The zero-order valence-corrected chi connectivity index (χ0v) is 12.1. The van der Waals surface area contributed by atoms with E-state index in [1.165, 1.54) is 56.1 Å². The summed E-state index contributed by atoms with van der Waals surface area (Å²) in [6, 6.07) is 13.1. The van der Waals surface area contributed by atoms with Gasteiger partial charge in [0.1, 0.15) is 0 Å². The van der Waals surface area contributed by atoms with Crippen LogP contribution in [0.15, 0.2) is 48.8 Å². The Balaban J connectivity index is 1.50. The first-order chi connectivity index (χ1) is 9.93. The van der Waals surface area contributed by atoms with Crippen LogP contribution in [-0.2, 0) is 12.8 Å². The second-order valence-corrected chi connectivity index (χ2v) is 5.90. The van der Waals surface area contributed by atoms with Gasteiger partial charge in [0.15, 0.2) is 0 Å². The van der Waals surface area contributed by atoms with E-state index in [0.29, 0.717) is 0 Å². The molecule has 104 valence electrons. The molecule has 1 aromatic heterocycles. The molecule has 0 spiro atoms. The van der Waals surface area contributed by atoms with Gasteiger partial charge in [-0.2, -0.15) is 0 Å². The first-order valence-corrected chi connectivity index (χ1v) is 7.90. The quantitative estimate of drug-likeness (QED) is 0.700. The van der Waals surface area contributed by atoms with E-state index in [2.05, 4.69) is 47.6 Å². The topological polar surface area (TPSA) is 12.9 Å². The molecule has 1 nitrogen and oxygen atoms in total. The SMILES string of the molecule is c1ccc(CCCCC2CCCc3cnccc32)cc1. The van der Waals surface area contributed by atoms with E-state index < -0.39 is 0 Å². The van der Waals surface area contributed by atoms with Gasteiger partial charge in [-0.3, -0.25) is 4.98 Å². The normalized spacial score (nSPS) is 17.7. The fourth-order valence-electron chi connectivity index (χ4n) is 3.40. The predicted octanol–water partition coefficient (Wildman–Crippen LogP) is 4.91. The molecule has 0 fully saturated rings. The zero-order valence-electron chi connectivity index (χ0n) is 12.1. The summed E-state index contributed by atoms with van der Waals surface area (Å²) in [5.74, 6) is 0.775. The average molecular weight is 265 g/mol. The van der Waals surface area contributed by atoms with Crippen LogP contribution < -0.4 is 0 Å². The first kappa shape index (κ1) is 13.4. The highest BCUT2D eigenvalue weighted by Gasteiger charge is 2.19. The van der Waals surface area contributed by atoms with Gasteiger partial charge >= 0.3 is 0 Å². The van der Waals surface area contributed by atoms with Crippen molar-refractivity contribution in [1.29, 1.82) is 0 Å². The monoisotopic (exact) mass is 265 g/mol. The maximum absolute atomic E-state index is 4.27. The lowest BCUT2D eigenvalue weighted by atomic mass is 9.81. The Morgan fingerprint density at radius 1 is 1.05 bits per heavy atom. The first-order valence-electron chi connectivity index (χ1n) is 7.90. The molecular weight excluding hydrogens is 242 g/mol. The molecule has 0 bridgehead atoms. The molecule has 1 atom stereocenters. The highest BCUT2D eigenvalue weighted by atomic mass is 14.6. The summed E-state index contributed by atoms with van der Waals surface area (Å²) in [5.41, 5.74) is 4.54. The third-order valence-electron chi connectivity index (χ3n) is 4.49. The van der Waals surface area contributed by atoms with Crippen molar-refractivity contribution >= 4 is 0 Å². The Morgan fingerprint density at radius 2 is 1.95 bits per heavy atom. The smallest absolute Gasteiger partial charge is 0.0302 e. The van der Waals surface area contributed by atoms with Gasteiger partial charge in [0.05, 0.1) is 0 Å². The largest absolute Gasteiger partial charge is 0.264 e. The van der Waals surface area contributed by atoms with Crippen molar-refractivity contribution in [1.82, 2.24) is 4.98 Å². The maximum atomic E-state index is 4.27. The average Bonchev–Trinajstić information content (AvgIpc) is 2.53. The second kappa shape index (κ2) is 6.69. The van der Waals surface area contributed by atoms with Crippen LogP contribution in [0.3, 0.4) is 0 Å². The van der Waals surface area contributed by atoms with Crippen LogP contribution in [0.25, 0.3) is 0 Å². The molecule has 3 rings (SSSR count). The summed E-state index contributed by atoms with van der Waals surface area (Å²) in [6.07, 6.45) is 13.2. The highest BCUT2D eigenvalue weighted by molar-refractivity contribution is 5.29. The van der Waals surface area contributed by atoms with Gasteiger partial charge in [0, 0.05) is 12.4 Å². The molecule has 0 saturated heterocycles. The molecule has 0 N–H and O–H groups in total. The number of rotatable bonds is 5. The third kappa shape index (κ3) is 3.27. The van der Waals surface area contributed by atoms with Crippen molar-refractivity contribution in [3.8, 4) is 0 Å². The van der Waals surface area contributed by atoms with Crippen molar-refractivity contribution < 1.29 is 0 Å². The lowest BCUT2D eigenvalue weighted by Crippen LogP contribution is -2.10. The maximum Gasteiger partial charge on any atom is 0.0302 e. The van der Waals surface area contributed by atoms with E-state index in [4.69, 9.17) is 0 Å². The minimum absolute atomic E-state index is 0.775. The van der Waals surface area contributed by atoms with Gasteiger partial charge in [-0.25, -0.2) is 0 Å². The molecule has 20 heavy (non-hydrogen) atoms. The number of aryl methyl sites for hydroxylation is 2. The Hall–Kier alpha value is -1.63. The Bertz CT molecular complexity index is 532. The fraction of sp³-hybridized carbons (Fsp3) is 0.421. The number of pyridine rings is 1. The number of unbranched alkanes of at least 4 members (excludes halogenated alkanes) is 1. The lowest BCUT2D eigenvalue weighted by Gasteiger charge is -2.25. The molecule has 2 aromatic rings. The van der Waals surface area contributed by atoms with Crippen molar-refractivity contribution in [2.45, 2.75) is 50.9 Å². The summed E-state index contributed by atoms with van der Waals surface area (Å²) in [6.45, 7) is 0. The highest BCUT2D eigenvalue weighted by Crippen LogP contribution is 2.34. The number of nitrogens with zero attached hydrogens (tertiary/aromatic N) is 1. The van der Waals surface area contributed by atoms with E-state index in [1.54, 1.807) is 5.56 Å². The number of aromatic nitrogens is 1. The van der Waals surface area contributed by atoms with Crippen LogP contribution >= 0.6 is 0 Å². The minimum Gasteiger partial charge on any atom is -0.264 e. The molecular formula is C19H23N. The van der Waals surface area contributed by atoms with Crippen LogP contribution in [0.5, 0.6) is 0 Å². The summed E-state index contributed by atoms with van der Waals surface area (Å²) in [7, 11) is 0. The summed E-state index contributed by atoms with van der Waals surface area (Å²) in [5, 5.41) is 0. The molecule has 0 amide bonds. The van der Waals surface area contributed by atoms with Gasteiger partial charge in [-0.1, -0.05) is 36.8 Å². The van der Waals surface area contributed by atoms with Gasteiger partial charge in [0.2, 0.25) is 0 Å². The Labute approximate surface area is 122 Å². The number of hydrogen-bond acceptors (Lipinski definition) is 1.